The SMILES string of the molecule is CC1=NN(c2cc(Cl)c(S(=O)(=O)O)cc2Cl)C(=O)C1N=Nc1cc(Nc2cc(Cl)nc(Cl)n2)ccc1S(=O)(=O)O. The maximum atomic E-state index is 13.1. The van der Waals surface area contributed by atoms with Gasteiger partial charge in [-0.25, -0.2) is 9.97 Å². The van der Waals surface area contributed by atoms with E-state index in [0.29, 0.717) is 0 Å². The number of rotatable bonds is 7. The summed E-state index contributed by atoms with van der Waals surface area (Å²) in [5.41, 5.74) is -0.130. The molecule has 1 aromatic heterocycles. The Kier molecular flexibility index (Phi) is 8.35. The van der Waals surface area contributed by atoms with E-state index in [1.807, 2.05) is 0 Å². The molecule has 0 spiro atoms. The number of halogens is 4. The first-order valence-electron chi connectivity index (χ1n) is 10.4. The molecule has 3 aromatic rings. The second kappa shape index (κ2) is 11.1. The number of benzene rings is 2. The Hall–Kier alpha value is -2.96. The van der Waals surface area contributed by atoms with E-state index in [-0.39, 0.29) is 44.1 Å². The number of azo groups is 1. The molecule has 4 rings (SSSR count). The smallest absolute Gasteiger partial charge is 0.296 e. The summed E-state index contributed by atoms with van der Waals surface area (Å²) in [5.74, 6) is -0.639. The van der Waals surface area contributed by atoms with Gasteiger partial charge in [-0.2, -0.15) is 37.2 Å². The summed E-state index contributed by atoms with van der Waals surface area (Å²) in [7, 11) is -9.46. The zero-order chi connectivity index (χ0) is 29.6. The first-order valence-corrected chi connectivity index (χ1v) is 14.8. The third-order valence-electron chi connectivity index (χ3n) is 5.06. The number of carbonyl (C=O) groups excluding carboxylic acids is 1. The molecular weight excluding hydrogens is 656 g/mol. The Morgan fingerprint density at radius 3 is 2.23 bits per heavy atom. The molecule has 210 valence electrons. The maximum Gasteiger partial charge on any atom is 0.296 e. The van der Waals surface area contributed by atoms with E-state index < -0.39 is 47.0 Å². The molecule has 1 aliphatic heterocycles. The molecule has 1 atom stereocenters. The predicted octanol–water partition coefficient (Wildman–Crippen LogP) is 5.20. The molecule has 0 saturated carbocycles. The molecule has 1 amide bonds. The molecule has 0 aliphatic carbocycles. The maximum absolute atomic E-state index is 13.1. The quantitative estimate of drug-likeness (QED) is 0.130. The van der Waals surface area contributed by atoms with Gasteiger partial charge in [0.2, 0.25) is 5.28 Å². The number of hydrogen-bond donors (Lipinski definition) is 3. The molecule has 3 N–H and O–H groups in total. The molecule has 1 aliphatic rings. The van der Waals surface area contributed by atoms with Crippen LogP contribution in [-0.2, 0) is 25.0 Å². The Balaban J connectivity index is 1.67. The number of nitrogens with zero attached hydrogens (tertiary/aromatic N) is 6. The second-order valence-electron chi connectivity index (χ2n) is 7.85. The third-order valence-corrected chi connectivity index (χ3v) is 7.95. The summed E-state index contributed by atoms with van der Waals surface area (Å²) >= 11 is 23.7. The van der Waals surface area contributed by atoms with Crippen LogP contribution in [0.5, 0.6) is 0 Å². The van der Waals surface area contributed by atoms with Crippen LogP contribution < -0.4 is 10.3 Å². The first kappa shape index (κ1) is 30.0. The fraction of sp³-hybridized carbons (Fsp3) is 0.100. The van der Waals surface area contributed by atoms with Crippen LogP contribution in [0.2, 0.25) is 20.5 Å². The van der Waals surface area contributed by atoms with Crippen molar-refractivity contribution in [2.75, 3.05) is 10.3 Å². The van der Waals surface area contributed by atoms with Crippen molar-refractivity contribution in [3.63, 3.8) is 0 Å². The monoisotopic (exact) mass is 667 g/mol. The van der Waals surface area contributed by atoms with E-state index in [2.05, 4.69) is 30.6 Å². The van der Waals surface area contributed by atoms with Crippen molar-refractivity contribution in [3.8, 4) is 0 Å². The first-order chi connectivity index (χ1) is 18.5. The van der Waals surface area contributed by atoms with E-state index in [0.717, 1.165) is 23.2 Å². The zero-order valence-electron chi connectivity index (χ0n) is 19.5. The van der Waals surface area contributed by atoms with Crippen LogP contribution in [0.25, 0.3) is 0 Å². The normalized spacial score (nSPS) is 16.1. The van der Waals surface area contributed by atoms with Crippen LogP contribution in [0.15, 0.2) is 61.5 Å². The summed E-state index contributed by atoms with van der Waals surface area (Å²) < 4.78 is 65.8. The summed E-state index contributed by atoms with van der Waals surface area (Å²) in [4.78, 5) is 19.5. The fourth-order valence-corrected chi connectivity index (χ4v) is 5.70. The molecule has 0 fully saturated rings. The van der Waals surface area contributed by atoms with Crippen LogP contribution in [-0.4, -0.2) is 53.6 Å². The van der Waals surface area contributed by atoms with E-state index in [1.165, 1.54) is 25.1 Å². The van der Waals surface area contributed by atoms with Gasteiger partial charge in [0.1, 0.15) is 26.4 Å². The summed E-state index contributed by atoms with van der Waals surface area (Å²) in [6.45, 7) is 1.42. The van der Waals surface area contributed by atoms with Gasteiger partial charge in [0.15, 0.2) is 6.04 Å². The van der Waals surface area contributed by atoms with Crippen LogP contribution in [0.3, 0.4) is 0 Å². The Morgan fingerprint density at radius 1 is 0.925 bits per heavy atom. The minimum atomic E-state index is -4.77. The van der Waals surface area contributed by atoms with Crippen molar-refractivity contribution in [2.24, 2.45) is 15.3 Å². The second-order valence-corrected chi connectivity index (χ2v) is 12.2. The van der Waals surface area contributed by atoms with Gasteiger partial charge in [-0.1, -0.05) is 34.8 Å². The number of anilines is 3. The van der Waals surface area contributed by atoms with Gasteiger partial charge < -0.3 is 5.32 Å². The fourth-order valence-electron chi connectivity index (χ4n) is 3.35. The van der Waals surface area contributed by atoms with Crippen LogP contribution in [0.1, 0.15) is 6.92 Å². The molecule has 0 saturated heterocycles. The number of carbonyl (C=O) groups is 1. The highest BCUT2D eigenvalue weighted by Crippen LogP contribution is 2.37. The van der Waals surface area contributed by atoms with Crippen molar-refractivity contribution < 1.29 is 30.7 Å². The largest absolute Gasteiger partial charge is 0.340 e. The highest BCUT2D eigenvalue weighted by molar-refractivity contribution is 7.86. The number of nitrogens with one attached hydrogen (secondary N) is 1. The molecule has 40 heavy (non-hydrogen) atoms. The Bertz CT molecular complexity index is 1820. The molecule has 20 heteroatoms. The molecule has 2 aromatic carbocycles. The minimum Gasteiger partial charge on any atom is -0.340 e. The molecule has 14 nitrogen and oxygen atoms in total. The lowest BCUT2D eigenvalue weighted by atomic mass is 10.2. The van der Waals surface area contributed by atoms with E-state index in [9.17, 15) is 30.7 Å². The van der Waals surface area contributed by atoms with Gasteiger partial charge in [0.25, 0.3) is 26.1 Å². The molecule has 0 radical (unpaired) electrons. The number of aromatic nitrogens is 2. The average molecular weight is 669 g/mol. The lowest BCUT2D eigenvalue weighted by Crippen LogP contribution is -2.30. The van der Waals surface area contributed by atoms with Crippen LogP contribution >= 0.6 is 46.4 Å². The minimum absolute atomic E-state index is 0.0324. The lowest BCUT2D eigenvalue weighted by molar-refractivity contribution is -0.117. The molecule has 2 heterocycles. The zero-order valence-corrected chi connectivity index (χ0v) is 24.1. The van der Waals surface area contributed by atoms with E-state index in [1.54, 1.807) is 0 Å². The third kappa shape index (κ3) is 6.50. The molecule has 0 bridgehead atoms. The Morgan fingerprint density at radius 2 is 1.60 bits per heavy atom. The molecule has 1 unspecified atom stereocenters. The predicted molar refractivity (Wildman–Crippen MR) is 147 cm³/mol. The van der Waals surface area contributed by atoms with E-state index in [4.69, 9.17) is 46.4 Å². The van der Waals surface area contributed by atoms with Crippen molar-refractivity contribution in [1.29, 1.82) is 0 Å². The topological polar surface area (TPSA) is 204 Å². The van der Waals surface area contributed by atoms with Crippen LogP contribution in [0.4, 0.5) is 22.9 Å². The van der Waals surface area contributed by atoms with Crippen molar-refractivity contribution in [2.45, 2.75) is 22.8 Å². The highest BCUT2D eigenvalue weighted by atomic mass is 35.5. The van der Waals surface area contributed by atoms with Gasteiger partial charge in [0, 0.05) is 11.8 Å². The van der Waals surface area contributed by atoms with Crippen molar-refractivity contribution >= 4 is 101 Å². The van der Waals surface area contributed by atoms with E-state index >= 15 is 0 Å². The number of amides is 1. The van der Waals surface area contributed by atoms with Crippen LogP contribution in [0, 0.1) is 0 Å². The lowest BCUT2D eigenvalue weighted by Gasteiger charge is -2.15. The Labute approximate surface area is 246 Å². The number of hydrazone groups is 1. The van der Waals surface area contributed by atoms with Crippen molar-refractivity contribution in [1.82, 2.24) is 9.97 Å². The van der Waals surface area contributed by atoms with Gasteiger partial charge in [-0.3, -0.25) is 13.9 Å². The highest BCUT2D eigenvalue weighted by Gasteiger charge is 2.36. The van der Waals surface area contributed by atoms with Gasteiger partial charge >= 0.3 is 0 Å². The van der Waals surface area contributed by atoms with Gasteiger partial charge in [-0.05, 0) is 48.9 Å². The standard InChI is InChI=1S/C20H13Cl4N7O7S2/c1-8-18(19(32)31(30-8)13-5-11(22)15(6-10(13)21)40(36,37)38)29-28-12-4-9(2-3-14(12)39(33,34)35)25-17-7-16(23)26-20(24)27-17/h2-7,18H,1H3,(H,25,26,27)(H,33,34,35)(H,36,37,38). The summed E-state index contributed by atoms with van der Waals surface area (Å²) in [6.07, 6.45) is 0. The summed E-state index contributed by atoms with van der Waals surface area (Å²) in [5, 5.41) is 14.6. The van der Waals surface area contributed by atoms with Gasteiger partial charge in [-0.15, -0.1) is 0 Å². The van der Waals surface area contributed by atoms with Crippen molar-refractivity contribution in [3.05, 3.63) is 56.9 Å². The summed E-state index contributed by atoms with van der Waals surface area (Å²) in [6, 6.07) is 5.37. The molecular formula is C20H13Cl4N7O7S2. The van der Waals surface area contributed by atoms with Gasteiger partial charge in [0.05, 0.1) is 21.4 Å². The average Bonchev–Trinajstić information content (AvgIpc) is 3.09. The number of hydrogen-bond acceptors (Lipinski definition) is 11.